The van der Waals surface area contributed by atoms with Crippen LogP contribution in [0.2, 0.25) is 0 Å². The van der Waals surface area contributed by atoms with Crippen molar-refractivity contribution in [1.82, 2.24) is 14.2 Å². The van der Waals surface area contributed by atoms with E-state index in [1.165, 1.54) is 26.9 Å². The summed E-state index contributed by atoms with van der Waals surface area (Å²) in [5.74, 6) is -0.460. The number of carbonyl (C=O) groups is 1. The van der Waals surface area contributed by atoms with E-state index >= 15 is 0 Å². The normalized spacial score (nSPS) is 10.9. The summed E-state index contributed by atoms with van der Waals surface area (Å²) in [5.41, 5.74) is 1.65. The smallest absolute Gasteiger partial charge is 0.322 e. The van der Waals surface area contributed by atoms with E-state index in [9.17, 15) is 19.7 Å². The summed E-state index contributed by atoms with van der Waals surface area (Å²) in [6.07, 6.45) is 3.39. The lowest BCUT2D eigenvalue weighted by molar-refractivity contribution is -0.387. The fraction of sp³-hybridized carbons (Fsp3) is 0.0952. The molecule has 0 radical (unpaired) electrons. The highest BCUT2D eigenvalue weighted by Crippen LogP contribution is 2.28. The molecule has 2 heterocycles. The number of rotatable bonds is 6. The second-order valence-electron chi connectivity index (χ2n) is 6.67. The molecule has 0 aliphatic carbocycles. The Morgan fingerprint density at radius 3 is 2.74 bits per heavy atom. The molecule has 31 heavy (non-hydrogen) atoms. The van der Waals surface area contributed by atoms with Crippen LogP contribution in [0.15, 0.2) is 76.6 Å². The lowest BCUT2D eigenvalue weighted by Gasteiger charge is -2.08. The second-order valence-corrected chi connectivity index (χ2v) is 7.52. The molecule has 4 aromatic rings. The monoisotopic (exact) mass is 435 g/mol. The first-order chi connectivity index (χ1) is 15.0. The molecule has 1 amide bonds. The molecular weight excluding hydrogens is 418 g/mol. The number of nitro groups is 1. The Labute approximate surface area is 180 Å². The molecule has 9 nitrogen and oxygen atoms in total. The number of carbonyl (C=O) groups excluding carboxylic acids is 1. The van der Waals surface area contributed by atoms with Gasteiger partial charge in [0, 0.05) is 23.5 Å². The lowest BCUT2D eigenvalue weighted by Crippen LogP contribution is -2.21. The largest absolute Gasteiger partial charge is 0.350 e. The number of hydrogen-bond donors (Lipinski definition) is 1. The van der Waals surface area contributed by atoms with Crippen molar-refractivity contribution in [1.29, 1.82) is 0 Å². The van der Waals surface area contributed by atoms with E-state index in [1.54, 1.807) is 61.0 Å². The number of nitrogens with one attached hydrogen (secondary N) is 1. The molecule has 0 fully saturated rings. The number of benzene rings is 2. The third-order valence-corrected chi connectivity index (χ3v) is 5.43. The van der Waals surface area contributed by atoms with E-state index in [0.29, 0.717) is 16.2 Å². The fourth-order valence-electron chi connectivity index (χ4n) is 3.17. The van der Waals surface area contributed by atoms with Crippen molar-refractivity contribution in [2.24, 2.45) is 0 Å². The van der Waals surface area contributed by atoms with Gasteiger partial charge in [0.1, 0.15) is 0 Å². The minimum atomic E-state index is -0.504. The van der Waals surface area contributed by atoms with E-state index in [-0.39, 0.29) is 23.5 Å². The van der Waals surface area contributed by atoms with Crippen molar-refractivity contribution < 1.29 is 9.72 Å². The molecular formula is C21H17N5O4S. The predicted molar refractivity (Wildman–Crippen MR) is 118 cm³/mol. The highest BCUT2D eigenvalue weighted by atomic mass is 32.2. The van der Waals surface area contributed by atoms with Crippen LogP contribution in [0.1, 0.15) is 15.9 Å². The van der Waals surface area contributed by atoms with Crippen LogP contribution >= 0.6 is 11.8 Å². The number of amides is 1. The van der Waals surface area contributed by atoms with E-state index < -0.39 is 10.8 Å². The van der Waals surface area contributed by atoms with Gasteiger partial charge in [0.15, 0.2) is 5.65 Å². The Balaban J connectivity index is 1.55. The molecule has 1 N–H and O–H groups in total. The maximum atomic E-state index is 12.6. The second kappa shape index (κ2) is 8.44. The SMILES string of the molecule is CSc1ccc(C(=O)Nc2cccc(Cn3nc4ccccn4c3=O)c2)cc1[N+](=O)[O-]. The minimum absolute atomic E-state index is 0.111. The van der Waals surface area contributed by atoms with Crippen LogP contribution in [0, 0.1) is 10.1 Å². The fourth-order valence-corrected chi connectivity index (χ4v) is 3.72. The quantitative estimate of drug-likeness (QED) is 0.282. The molecule has 2 aromatic heterocycles. The van der Waals surface area contributed by atoms with Gasteiger partial charge >= 0.3 is 5.69 Å². The maximum absolute atomic E-state index is 12.6. The van der Waals surface area contributed by atoms with Gasteiger partial charge in [0.25, 0.3) is 11.6 Å². The zero-order valence-electron chi connectivity index (χ0n) is 16.4. The summed E-state index contributed by atoms with van der Waals surface area (Å²) in [6.45, 7) is 0.234. The van der Waals surface area contributed by atoms with Crippen molar-refractivity contribution >= 4 is 34.7 Å². The average molecular weight is 435 g/mol. The third kappa shape index (κ3) is 4.19. The number of anilines is 1. The van der Waals surface area contributed by atoms with Crippen molar-refractivity contribution in [2.75, 3.05) is 11.6 Å². The summed E-state index contributed by atoms with van der Waals surface area (Å²) in [5, 5.41) is 18.3. The van der Waals surface area contributed by atoms with E-state index in [0.717, 1.165) is 5.56 Å². The molecule has 4 rings (SSSR count). The Hall–Kier alpha value is -3.92. The molecule has 0 bridgehead atoms. The van der Waals surface area contributed by atoms with Crippen LogP contribution < -0.4 is 11.0 Å². The summed E-state index contributed by atoms with van der Waals surface area (Å²) < 4.78 is 2.80. The number of fused-ring (bicyclic) bond motifs is 1. The minimum Gasteiger partial charge on any atom is -0.322 e. The molecule has 0 unspecified atom stereocenters. The van der Waals surface area contributed by atoms with Crippen molar-refractivity contribution in [3.63, 3.8) is 0 Å². The van der Waals surface area contributed by atoms with Crippen molar-refractivity contribution in [3.05, 3.63) is 98.6 Å². The summed E-state index contributed by atoms with van der Waals surface area (Å²) in [7, 11) is 0. The third-order valence-electron chi connectivity index (χ3n) is 4.64. The van der Waals surface area contributed by atoms with Gasteiger partial charge in [-0.25, -0.2) is 9.48 Å². The first-order valence-electron chi connectivity index (χ1n) is 9.23. The molecule has 0 atom stereocenters. The Morgan fingerprint density at radius 1 is 1.16 bits per heavy atom. The summed E-state index contributed by atoms with van der Waals surface area (Å²) in [4.78, 5) is 36.3. The number of nitrogens with zero attached hydrogens (tertiary/aromatic N) is 4. The molecule has 0 aliphatic heterocycles. The van der Waals surface area contributed by atoms with Gasteiger partial charge in [-0.15, -0.1) is 16.9 Å². The Morgan fingerprint density at radius 2 is 2.00 bits per heavy atom. The topological polar surface area (TPSA) is 112 Å². The van der Waals surface area contributed by atoms with Crippen molar-refractivity contribution in [2.45, 2.75) is 11.4 Å². The Kier molecular flexibility index (Phi) is 5.54. The van der Waals surface area contributed by atoms with Gasteiger partial charge in [-0.2, -0.15) is 0 Å². The van der Waals surface area contributed by atoms with Gasteiger partial charge in [-0.3, -0.25) is 19.3 Å². The zero-order valence-corrected chi connectivity index (χ0v) is 17.2. The molecule has 156 valence electrons. The van der Waals surface area contributed by atoms with Crippen LogP contribution in [0.25, 0.3) is 5.65 Å². The van der Waals surface area contributed by atoms with Gasteiger partial charge in [0.2, 0.25) is 0 Å². The van der Waals surface area contributed by atoms with Crippen LogP contribution in [0.5, 0.6) is 0 Å². The van der Waals surface area contributed by atoms with Crippen LogP contribution in [0.3, 0.4) is 0 Å². The van der Waals surface area contributed by atoms with E-state index in [1.807, 2.05) is 6.07 Å². The zero-order chi connectivity index (χ0) is 22.0. The van der Waals surface area contributed by atoms with Gasteiger partial charge in [-0.1, -0.05) is 18.2 Å². The molecule has 0 saturated heterocycles. The number of hydrogen-bond acceptors (Lipinski definition) is 6. The molecule has 0 saturated carbocycles. The van der Waals surface area contributed by atoms with Crippen molar-refractivity contribution in [3.8, 4) is 0 Å². The highest BCUT2D eigenvalue weighted by Gasteiger charge is 2.17. The molecule has 10 heteroatoms. The molecule has 0 aliphatic rings. The average Bonchev–Trinajstić information content (AvgIpc) is 3.09. The van der Waals surface area contributed by atoms with Gasteiger partial charge in [0.05, 0.1) is 16.4 Å². The maximum Gasteiger partial charge on any atom is 0.350 e. The first kappa shape index (κ1) is 20.4. The lowest BCUT2D eigenvalue weighted by atomic mass is 10.1. The predicted octanol–water partition coefficient (Wildman–Crippen LogP) is 3.43. The molecule has 2 aromatic carbocycles. The Bertz CT molecular complexity index is 1360. The van der Waals surface area contributed by atoms with Crippen LogP contribution in [-0.4, -0.2) is 31.3 Å². The number of thioether (sulfide) groups is 1. The van der Waals surface area contributed by atoms with E-state index in [2.05, 4.69) is 10.4 Å². The summed E-state index contributed by atoms with van der Waals surface area (Å²) in [6, 6.07) is 16.7. The standard InChI is InChI=1S/C21H17N5O4S/c1-31-18-9-8-15(12-17(18)26(29)30)20(27)22-16-6-4-5-14(11-16)13-25-21(28)24-10-3-2-7-19(24)23-25/h2-12H,13H2,1H3,(H,22,27). The van der Waals surface area contributed by atoms with Gasteiger partial charge in [-0.05, 0) is 48.2 Å². The first-order valence-corrected chi connectivity index (χ1v) is 10.5. The summed E-state index contributed by atoms with van der Waals surface area (Å²) >= 11 is 1.24. The van der Waals surface area contributed by atoms with Crippen LogP contribution in [-0.2, 0) is 6.54 Å². The van der Waals surface area contributed by atoms with E-state index in [4.69, 9.17) is 0 Å². The molecule has 0 spiro atoms. The van der Waals surface area contributed by atoms with Gasteiger partial charge < -0.3 is 5.32 Å². The highest BCUT2D eigenvalue weighted by molar-refractivity contribution is 7.98. The number of aromatic nitrogens is 3. The van der Waals surface area contributed by atoms with Crippen LogP contribution in [0.4, 0.5) is 11.4 Å². The number of nitro benzene ring substituents is 1. The number of pyridine rings is 1.